The zero-order valence-electron chi connectivity index (χ0n) is 13.4. The second-order valence-corrected chi connectivity index (χ2v) is 6.22. The quantitative estimate of drug-likeness (QED) is 0.317. The molecule has 1 aliphatic rings. The standard InChI is InChI=1S/C17H21Cl3N2O/c1-3-5-6-7-8-9-11-23-17-14(20)16(22-10-4-2)13(19)12(18)15(17)21/h21H,3,5-9,11H2,1-2H3. The summed E-state index contributed by atoms with van der Waals surface area (Å²) in [5, 5.41) is 8.39. The summed E-state index contributed by atoms with van der Waals surface area (Å²) in [5.74, 6) is 2.85. The maximum Gasteiger partial charge on any atom is 0.166 e. The molecule has 0 saturated carbocycles. The first kappa shape index (κ1) is 20.1. The van der Waals surface area contributed by atoms with E-state index in [-0.39, 0.29) is 32.3 Å². The van der Waals surface area contributed by atoms with Crippen molar-refractivity contribution in [3.05, 3.63) is 20.9 Å². The van der Waals surface area contributed by atoms with E-state index in [1.807, 2.05) is 0 Å². The molecular weight excluding hydrogens is 355 g/mol. The van der Waals surface area contributed by atoms with E-state index in [2.05, 4.69) is 23.9 Å². The maximum atomic E-state index is 8.02. The molecule has 1 N–H and O–H groups in total. The van der Waals surface area contributed by atoms with Crippen LogP contribution in [0.2, 0.25) is 0 Å². The van der Waals surface area contributed by atoms with Crippen LogP contribution in [0, 0.1) is 17.4 Å². The Hall–Kier alpha value is -0.950. The van der Waals surface area contributed by atoms with E-state index < -0.39 is 0 Å². The Balaban J connectivity index is 2.70. The number of unbranched alkanes of at least 4 members (excludes halogenated alkanes) is 5. The Morgan fingerprint density at radius 1 is 1.00 bits per heavy atom. The van der Waals surface area contributed by atoms with Crippen LogP contribution >= 0.6 is 34.8 Å². The highest BCUT2D eigenvalue weighted by Crippen LogP contribution is 2.33. The Bertz CT molecular complexity index is 595. The third kappa shape index (κ3) is 5.88. The van der Waals surface area contributed by atoms with Crippen LogP contribution in [-0.2, 0) is 4.74 Å². The van der Waals surface area contributed by atoms with Crippen molar-refractivity contribution < 1.29 is 4.74 Å². The molecule has 0 saturated heterocycles. The van der Waals surface area contributed by atoms with E-state index >= 15 is 0 Å². The van der Waals surface area contributed by atoms with Crippen molar-refractivity contribution in [3.63, 3.8) is 0 Å². The van der Waals surface area contributed by atoms with Gasteiger partial charge < -0.3 is 4.74 Å². The van der Waals surface area contributed by atoms with Gasteiger partial charge in [0.05, 0.1) is 16.7 Å². The minimum atomic E-state index is -0.0175. The fourth-order valence-corrected chi connectivity index (χ4v) is 2.77. The molecule has 126 valence electrons. The molecule has 3 nitrogen and oxygen atoms in total. The molecule has 0 unspecified atom stereocenters. The number of rotatable bonds is 8. The lowest BCUT2D eigenvalue weighted by Crippen LogP contribution is -2.19. The molecule has 0 spiro atoms. The van der Waals surface area contributed by atoms with Gasteiger partial charge in [-0.25, -0.2) is 0 Å². The van der Waals surface area contributed by atoms with Crippen LogP contribution in [0.1, 0.15) is 52.4 Å². The number of nitrogens with one attached hydrogen (secondary N) is 1. The summed E-state index contributed by atoms with van der Waals surface area (Å²) in [6.45, 7) is 4.33. The van der Waals surface area contributed by atoms with Gasteiger partial charge in [0.2, 0.25) is 0 Å². The molecular formula is C17H21Cl3N2O. The smallest absolute Gasteiger partial charge is 0.166 e. The first-order valence-corrected chi connectivity index (χ1v) is 8.85. The molecule has 0 aromatic rings. The van der Waals surface area contributed by atoms with Gasteiger partial charge in [-0.1, -0.05) is 79.8 Å². The van der Waals surface area contributed by atoms with Gasteiger partial charge in [-0.05, 0) is 13.3 Å². The highest BCUT2D eigenvalue weighted by molar-refractivity contribution is 6.65. The topological polar surface area (TPSA) is 45.4 Å². The average Bonchev–Trinajstić information content (AvgIpc) is 2.55. The Morgan fingerprint density at radius 3 is 2.30 bits per heavy atom. The van der Waals surface area contributed by atoms with E-state index in [0.717, 1.165) is 12.8 Å². The van der Waals surface area contributed by atoms with Crippen molar-refractivity contribution in [1.29, 1.82) is 5.41 Å². The van der Waals surface area contributed by atoms with Gasteiger partial charge in [-0.15, -0.1) is 0 Å². The summed E-state index contributed by atoms with van der Waals surface area (Å²) >= 11 is 18.4. The van der Waals surface area contributed by atoms with Crippen molar-refractivity contribution >= 4 is 46.2 Å². The summed E-state index contributed by atoms with van der Waals surface area (Å²) in [7, 11) is 0. The van der Waals surface area contributed by atoms with E-state index in [9.17, 15) is 0 Å². The SMILES string of the molecule is CC#CN=C1C(Cl)=C(Cl)C(=N)C(OCCCCCCCC)=C1Cl. The van der Waals surface area contributed by atoms with Gasteiger partial charge in [-0.3, -0.25) is 5.41 Å². The zero-order chi connectivity index (χ0) is 17.2. The molecule has 1 rings (SSSR count). The molecule has 1 aliphatic carbocycles. The van der Waals surface area contributed by atoms with Crippen molar-refractivity contribution in [2.75, 3.05) is 6.61 Å². The van der Waals surface area contributed by atoms with Gasteiger partial charge in [0, 0.05) is 6.04 Å². The molecule has 0 radical (unpaired) electrons. The lowest BCUT2D eigenvalue weighted by Gasteiger charge is -2.19. The summed E-state index contributed by atoms with van der Waals surface area (Å²) in [6, 6.07) is 2.55. The van der Waals surface area contributed by atoms with Gasteiger partial charge >= 0.3 is 0 Å². The van der Waals surface area contributed by atoms with Crippen LogP contribution in [0.4, 0.5) is 0 Å². The molecule has 0 atom stereocenters. The molecule has 0 heterocycles. The lowest BCUT2D eigenvalue weighted by molar-refractivity contribution is 0.222. The third-order valence-corrected chi connectivity index (χ3v) is 4.47. The second-order valence-electron chi connectivity index (χ2n) is 5.08. The van der Waals surface area contributed by atoms with Crippen LogP contribution in [-0.4, -0.2) is 18.0 Å². The molecule has 0 aromatic carbocycles. The summed E-state index contributed by atoms with van der Waals surface area (Å²) < 4.78 is 5.66. The number of aliphatic imine (C=N–C) groups is 1. The summed E-state index contributed by atoms with van der Waals surface area (Å²) in [4.78, 5) is 3.99. The van der Waals surface area contributed by atoms with Crippen molar-refractivity contribution in [3.8, 4) is 12.0 Å². The van der Waals surface area contributed by atoms with Gasteiger partial charge in [0.1, 0.15) is 16.5 Å². The van der Waals surface area contributed by atoms with E-state index in [0.29, 0.717) is 6.61 Å². The largest absolute Gasteiger partial charge is 0.490 e. The van der Waals surface area contributed by atoms with E-state index in [1.165, 1.54) is 25.7 Å². The van der Waals surface area contributed by atoms with Gasteiger partial charge in [0.25, 0.3) is 0 Å². The van der Waals surface area contributed by atoms with Gasteiger partial charge in [0.15, 0.2) is 5.76 Å². The third-order valence-electron chi connectivity index (χ3n) is 3.28. The number of hydrogen-bond donors (Lipinski definition) is 1. The first-order chi connectivity index (χ1) is 11.0. The minimum Gasteiger partial charge on any atom is -0.490 e. The second kappa shape index (κ2) is 10.8. The summed E-state index contributed by atoms with van der Waals surface area (Å²) in [5.41, 5.74) is 0.234. The highest BCUT2D eigenvalue weighted by atomic mass is 35.5. The van der Waals surface area contributed by atoms with Crippen molar-refractivity contribution in [2.45, 2.75) is 52.4 Å². The number of nitrogens with zero attached hydrogens (tertiary/aromatic N) is 1. The first-order valence-electron chi connectivity index (χ1n) is 7.71. The fraction of sp³-hybridized carbons (Fsp3) is 0.529. The zero-order valence-corrected chi connectivity index (χ0v) is 15.7. The minimum absolute atomic E-state index is 0.0175. The average molecular weight is 376 g/mol. The molecule has 0 aliphatic heterocycles. The molecule has 6 heteroatoms. The van der Waals surface area contributed by atoms with E-state index in [1.54, 1.807) is 6.92 Å². The number of halogens is 3. The predicted molar refractivity (Wildman–Crippen MR) is 99.6 cm³/mol. The summed E-state index contributed by atoms with van der Waals surface area (Å²) in [6.07, 6.45) is 6.91. The van der Waals surface area contributed by atoms with E-state index in [4.69, 9.17) is 44.9 Å². The number of hydrogen-bond acceptors (Lipinski definition) is 3. The van der Waals surface area contributed by atoms with Crippen molar-refractivity contribution in [1.82, 2.24) is 0 Å². The monoisotopic (exact) mass is 374 g/mol. The number of ether oxygens (including phenoxy) is 1. The van der Waals surface area contributed by atoms with Crippen LogP contribution in [0.3, 0.4) is 0 Å². The Labute approximate surface area is 153 Å². The fourth-order valence-electron chi connectivity index (χ4n) is 2.03. The van der Waals surface area contributed by atoms with Crippen LogP contribution in [0.25, 0.3) is 0 Å². The highest BCUT2D eigenvalue weighted by Gasteiger charge is 2.29. The van der Waals surface area contributed by atoms with Gasteiger partial charge in [-0.2, -0.15) is 4.99 Å². The molecule has 23 heavy (non-hydrogen) atoms. The van der Waals surface area contributed by atoms with Crippen molar-refractivity contribution in [2.24, 2.45) is 4.99 Å². The molecule has 0 bridgehead atoms. The predicted octanol–water partition coefficient (Wildman–Crippen LogP) is 5.96. The molecule has 0 amide bonds. The molecule has 0 fully saturated rings. The maximum absolute atomic E-state index is 8.02. The van der Waals surface area contributed by atoms with Crippen LogP contribution in [0.15, 0.2) is 25.8 Å². The Kier molecular flexibility index (Phi) is 9.40. The number of allylic oxidation sites excluding steroid dienone is 3. The Morgan fingerprint density at radius 2 is 1.65 bits per heavy atom. The van der Waals surface area contributed by atoms with Crippen LogP contribution < -0.4 is 0 Å². The molecule has 0 aromatic heterocycles. The van der Waals surface area contributed by atoms with Crippen LogP contribution in [0.5, 0.6) is 0 Å². The normalized spacial score (nSPS) is 16.7. The lowest BCUT2D eigenvalue weighted by atomic mass is 10.1.